The molecule has 0 saturated carbocycles. The minimum atomic E-state index is -0.562. The Kier molecular flexibility index (Phi) is 3.10. The highest BCUT2D eigenvalue weighted by Gasteiger charge is 2.42. The first-order valence-corrected chi connectivity index (χ1v) is 7.57. The minimum Gasteiger partial charge on any atom is -0.321 e. The average Bonchev–Trinajstić information content (AvgIpc) is 3.04. The van der Waals surface area contributed by atoms with Gasteiger partial charge in [0, 0.05) is 18.4 Å². The molecule has 0 radical (unpaired) electrons. The van der Waals surface area contributed by atoms with E-state index in [0.29, 0.717) is 10.6 Å². The summed E-state index contributed by atoms with van der Waals surface area (Å²) in [6.45, 7) is 3.81. The molecule has 0 atom stereocenters. The van der Waals surface area contributed by atoms with Gasteiger partial charge in [-0.15, -0.1) is 11.3 Å². The number of fused-ring (bicyclic) bond motifs is 1. The zero-order valence-electron chi connectivity index (χ0n) is 12.1. The Morgan fingerprint density at radius 3 is 2.71 bits per heavy atom. The van der Waals surface area contributed by atoms with Gasteiger partial charge in [-0.2, -0.15) is 0 Å². The van der Waals surface area contributed by atoms with Gasteiger partial charge >= 0.3 is 0 Å². The van der Waals surface area contributed by atoms with Crippen LogP contribution >= 0.6 is 11.3 Å². The summed E-state index contributed by atoms with van der Waals surface area (Å²) in [5.74, 6) is -0.0559. The number of hydrogen-bond acceptors (Lipinski definition) is 3. The van der Waals surface area contributed by atoms with Crippen LogP contribution in [0, 0.1) is 0 Å². The number of carbonyl (C=O) groups excluding carboxylic acids is 2. The van der Waals surface area contributed by atoms with Crippen LogP contribution in [0.4, 0.5) is 11.4 Å². The molecular weight excluding hydrogens is 284 g/mol. The van der Waals surface area contributed by atoms with Gasteiger partial charge in [-0.1, -0.05) is 6.07 Å². The Bertz CT molecular complexity index is 720. The Labute approximate surface area is 127 Å². The van der Waals surface area contributed by atoms with Crippen molar-refractivity contribution < 1.29 is 9.59 Å². The quantitative estimate of drug-likeness (QED) is 0.925. The van der Waals surface area contributed by atoms with Crippen LogP contribution in [0.15, 0.2) is 35.7 Å². The normalized spacial score (nSPS) is 16.0. The van der Waals surface area contributed by atoms with Gasteiger partial charge in [0.25, 0.3) is 5.91 Å². The highest BCUT2D eigenvalue weighted by atomic mass is 32.1. The molecule has 1 aliphatic heterocycles. The molecule has 4 nitrogen and oxygen atoms in total. The fourth-order valence-electron chi connectivity index (χ4n) is 2.65. The summed E-state index contributed by atoms with van der Waals surface area (Å²) in [5.41, 5.74) is 2.00. The third kappa shape index (κ3) is 2.14. The molecule has 2 amide bonds. The van der Waals surface area contributed by atoms with E-state index in [1.165, 1.54) is 11.3 Å². The Balaban J connectivity index is 1.93. The lowest BCUT2D eigenvalue weighted by Gasteiger charge is -2.16. The minimum absolute atomic E-state index is 0.0687. The van der Waals surface area contributed by atoms with Crippen molar-refractivity contribution in [1.82, 2.24) is 0 Å². The van der Waals surface area contributed by atoms with Crippen LogP contribution in [0.1, 0.15) is 29.1 Å². The van der Waals surface area contributed by atoms with Crippen molar-refractivity contribution in [2.75, 3.05) is 17.3 Å². The van der Waals surface area contributed by atoms with E-state index in [1.54, 1.807) is 18.0 Å². The summed E-state index contributed by atoms with van der Waals surface area (Å²) < 4.78 is 0. The summed E-state index contributed by atoms with van der Waals surface area (Å²) in [6, 6.07) is 9.23. The van der Waals surface area contributed by atoms with Crippen molar-refractivity contribution in [1.29, 1.82) is 0 Å². The maximum absolute atomic E-state index is 12.2. The molecule has 5 heteroatoms. The van der Waals surface area contributed by atoms with Crippen LogP contribution in [0.2, 0.25) is 0 Å². The average molecular weight is 300 g/mol. The number of nitrogens with one attached hydrogen (secondary N) is 1. The number of thiophene rings is 1. The Morgan fingerprint density at radius 2 is 2.05 bits per heavy atom. The van der Waals surface area contributed by atoms with Crippen LogP contribution < -0.4 is 10.2 Å². The SMILES string of the molecule is CN1C(=O)C(C)(C)c2cc(NC(=O)c3cccs3)ccc21. The highest BCUT2D eigenvalue weighted by molar-refractivity contribution is 7.12. The molecule has 1 aromatic heterocycles. The number of likely N-dealkylation sites (N-methyl/N-ethyl adjacent to an activating group) is 1. The van der Waals surface area contributed by atoms with Gasteiger partial charge in [0.15, 0.2) is 0 Å². The van der Waals surface area contributed by atoms with Gasteiger partial charge in [0.2, 0.25) is 5.91 Å². The lowest BCUT2D eigenvalue weighted by molar-refractivity contribution is -0.121. The molecule has 1 aliphatic rings. The predicted molar refractivity (Wildman–Crippen MR) is 85.2 cm³/mol. The maximum Gasteiger partial charge on any atom is 0.265 e. The molecule has 0 fully saturated rings. The highest BCUT2D eigenvalue weighted by Crippen LogP contribution is 2.41. The number of rotatable bonds is 2. The standard InChI is InChI=1S/C16H16N2O2S/c1-16(2)11-9-10(6-7-12(11)18(3)15(16)20)17-14(19)13-5-4-8-21-13/h4-9H,1-3H3,(H,17,19). The monoisotopic (exact) mass is 300 g/mol. The summed E-state index contributed by atoms with van der Waals surface area (Å²) in [5, 5.41) is 4.75. The summed E-state index contributed by atoms with van der Waals surface area (Å²) in [7, 11) is 1.78. The van der Waals surface area contributed by atoms with E-state index in [9.17, 15) is 9.59 Å². The van der Waals surface area contributed by atoms with E-state index in [0.717, 1.165) is 11.3 Å². The largest absolute Gasteiger partial charge is 0.321 e. The zero-order chi connectivity index (χ0) is 15.2. The van der Waals surface area contributed by atoms with Crippen molar-refractivity contribution in [3.05, 3.63) is 46.2 Å². The third-order valence-corrected chi connectivity index (χ3v) is 4.74. The van der Waals surface area contributed by atoms with E-state index in [2.05, 4.69) is 5.32 Å². The van der Waals surface area contributed by atoms with Crippen molar-refractivity contribution in [3.8, 4) is 0 Å². The molecule has 2 aromatic rings. The molecule has 0 spiro atoms. The number of carbonyl (C=O) groups is 2. The van der Waals surface area contributed by atoms with E-state index in [1.807, 2.05) is 43.5 Å². The second-order valence-electron chi connectivity index (χ2n) is 5.65. The molecule has 3 rings (SSSR count). The lowest BCUT2D eigenvalue weighted by atomic mass is 9.86. The second kappa shape index (κ2) is 4.70. The van der Waals surface area contributed by atoms with Gasteiger partial charge in [-0.05, 0) is 49.1 Å². The van der Waals surface area contributed by atoms with Crippen LogP contribution in [-0.4, -0.2) is 18.9 Å². The van der Waals surface area contributed by atoms with Crippen LogP contribution in [0.25, 0.3) is 0 Å². The lowest BCUT2D eigenvalue weighted by Crippen LogP contribution is -2.33. The van der Waals surface area contributed by atoms with Crippen LogP contribution in [-0.2, 0) is 10.2 Å². The first kappa shape index (κ1) is 13.8. The summed E-state index contributed by atoms with van der Waals surface area (Å²) >= 11 is 1.40. The number of benzene rings is 1. The molecular formula is C16H16N2O2S. The van der Waals surface area contributed by atoms with Crippen molar-refractivity contribution >= 4 is 34.5 Å². The van der Waals surface area contributed by atoms with E-state index in [4.69, 9.17) is 0 Å². The Morgan fingerprint density at radius 1 is 1.29 bits per heavy atom. The van der Waals surface area contributed by atoms with Gasteiger partial charge < -0.3 is 10.2 Å². The molecule has 2 heterocycles. The molecule has 0 aliphatic carbocycles. The molecule has 1 aromatic carbocycles. The Hall–Kier alpha value is -2.14. The van der Waals surface area contributed by atoms with E-state index < -0.39 is 5.41 Å². The molecule has 0 bridgehead atoms. The zero-order valence-corrected chi connectivity index (χ0v) is 13.0. The number of amides is 2. The van der Waals surface area contributed by atoms with Crippen molar-refractivity contribution in [2.45, 2.75) is 19.3 Å². The fourth-order valence-corrected chi connectivity index (χ4v) is 3.27. The van der Waals surface area contributed by atoms with Crippen molar-refractivity contribution in [3.63, 3.8) is 0 Å². The van der Waals surface area contributed by atoms with Crippen molar-refractivity contribution in [2.24, 2.45) is 0 Å². The number of nitrogens with zero attached hydrogens (tertiary/aromatic N) is 1. The van der Waals surface area contributed by atoms with E-state index in [-0.39, 0.29) is 11.8 Å². The number of anilines is 2. The second-order valence-corrected chi connectivity index (χ2v) is 6.60. The first-order valence-electron chi connectivity index (χ1n) is 6.69. The van der Waals surface area contributed by atoms with Crippen LogP contribution in [0.3, 0.4) is 0 Å². The smallest absolute Gasteiger partial charge is 0.265 e. The molecule has 21 heavy (non-hydrogen) atoms. The molecule has 0 unspecified atom stereocenters. The molecule has 1 N–H and O–H groups in total. The predicted octanol–water partition coefficient (Wildman–Crippen LogP) is 3.25. The number of hydrogen-bond donors (Lipinski definition) is 1. The molecule has 0 saturated heterocycles. The maximum atomic E-state index is 12.2. The van der Waals surface area contributed by atoms with E-state index >= 15 is 0 Å². The topological polar surface area (TPSA) is 49.4 Å². The first-order chi connectivity index (χ1) is 9.91. The summed E-state index contributed by atoms with van der Waals surface area (Å²) in [4.78, 5) is 26.7. The van der Waals surface area contributed by atoms with Gasteiger partial charge in [0.05, 0.1) is 10.3 Å². The molecule has 108 valence electrons. The fraction of sp³-hybridized carbons (Fsp3) is 0.250. The summed E-state index contributed by atoms with van der Waals surface area (Å²) in [6.07, 6.45) is 0. The van der Waals surface area contributed by atoms with Gasteiger partial charge in [0.1, 0.15) is 0 Å². The van der Waals surface area contributed by atoms with Crippen LogP contribution in [0.5, 0.6) is 0 Å². The van der Waals surface area contributed by atoms with Gasteiger partial charge in [-0.3, -0.25) is 9.59 Å². The third-order valence-electron chi connectivity index (χ3n) is 3.87. The van der Waals surface area contributed by atoms with Gasteiger partial charge in [-0.25, -0.2) is 0 Å².